The van der Waals surface area contributed by atoms with Crippen molar-refractivity contribution in [2.45, 2.75) is 17.7 Å². The summed E-state index contributed by atoms with van der Waals surface area (Å²) in [7, 11) is 0. The fraction of sp³-hybridized carbons (Fsp3) is 0.385. The maximum Gasteiger partial charge on any atom is 0.308 e. The quantitative estimate of drug-likeness (QED) is 0.870. The van der Waals surface area contributed by atoms with Crippen LogP contribution >= 0.6 is 11.8 Å². The number of fused-ring (bicyclic) bond motifs is 1. The Morgan fingerprint density at radius 3 is 2.94 bits per heavy atom. The van der Waals surface area contributed by atoms with Crippen molar-refractivity contribution in [1.82, 2.24) is 5.32 Å². The molecule has 2 atom stereocenters. The number of carboxylic acid groups (broad SMARTS) is 1. The first-order chi connectivity index (χ1) is 8.59. The molecule has 5 heteroatoms. The van der Waals surface area contributed by atoms with Crippen molar-refractivity contribution in [3.63, 3.8) is 0 Å². The largest absolute Gasteiger partial charge is 0.481 e. The van der Waals surface area contributed by atoms with Crippen molar-refractivity contribution in [2.24, 2.45) is 5.92 Å². The van der Waals surface area contributed by atoms with E-state index in [4.69, 9.17) is 5.11 Å². The number of rotatable bonds is 4. The van der Waals surface area contributed by atoms with Crippen LogP contribution in [0, 0.1) is 5.92 Å². The molecule has 0 unspecified atom stereocenters. The number of carbonyl (C=O) groups excluding carboxylic acids is 1. The van der Waals surface area contributed by atoms with Crippen LogP contribution in [-0.2, 0) is 9.59 Å². The predicted molar refractivity (Wildman–Crippen MR) is 69.7 cm³/mol. The number of carbonyl (C=O) groups is 2. The molecule has 0 spiro atoms. The lowest BCUT2D eigenvalue weighted by atomic mass is 10.0. The summed E-state index contributed by atoms with van der Waals surface area (Å²) in [4.78, 5) is 23.8. The lowest BCUT2D eigenvalue weighted by Gasteiger charge is -2.13. The van der Waals surface area contributed by atoms with Gasteiger partial charge < -0.3 is 10.4 Å². The van der Waals surface area contributed by atoms with Crippen molar-refractivity contribution < 1.29 is 14.7 Å². The van der Waals surface area contributed by atoms with Crippen LogP contribution in [-0.4, -0.2) is 29.3 Å². The average molecular weight is 265 g/mol. The zero-order chi connectivity index (χ0) is 13.1. The Bertz CT molecular complexity index is 475. The van der Waals surface area contributed by atoms with E-state index < -0.39 is 11.9 Å². The fourth-order valence-electron chi connectivity index (χ4n) is 1.84. The zero-order valence-corrected chi connectivity index (χ0v) is 10.9. The minimum atomic E-state index is -0.892. The second kappa shape index (κ2) is 5.44. The zero-order valence-electron chi connectivity index (χ0n) is 10.1. The molecule has 0 saturated heterocycles. The van der Waals surface area contributed by atoms with Gasteiger partial charge in [-0.2, -0.15) is 0 Å². The Balaban J connectivity index is 1.97. The number of nitrogens with one attached hydrogen (secondary N) is 1. The molecule has 18 heavy (non-hydrogen) atoms. The molecule has 0 radical (unpaired) electrons. The Morgan fingerprint density at radius 2 is 2.22 bits per heavy atom. The van der Waals surface area contributed by atoms with Crippen LogP contribution in [0.15, 0.2) is 29.2 Å². The van der Waals surface area contributed by atoms with Crippen molar-refractivity contribution in [2.75, 3.05) is 12.3 Å². The Kier molecular flexibility index (Phi) is 3.91. The molecule has 0 aliphatic carbocycles. The van der Waals surface area contributed by atoms with E-state index in [0.29, 0.717) is 0 Å². The first kappa shape index (κ1) is 13.0. The lowest BCUT2D eigenvalue weighted by Crippen LogP contribution is -2.35. The van der Waals surface area contributed by atoms with Gasteiger partial charge in [0.25, 0.3) is 0 Å². The third kappa shape index (κ3) is 2.67. The third-order valence-corrected chi connectivity index (χ3v) is 4.20. The van der Waals surface area contributed by atoms with Gasteiger partial charge in [0.15, 0.2) is 0 Å². The summed E-state index contributed by atoms with van der Waals surface area (Å²) in [6, 6.07) is 7.84. The predicted octanol–water partition coefficient (Wildman–Crippen LogP) is 1.71. The molecule has 0 bridgehead atoms. The molecule has 0 saturated carbocycles. The standard InChI is InChI=1S/C13H15NO3S/c1-8(13(16)17)6-14-12(15)10-7-18-11-5-3-2-4-9(10)11/h2-5,8,10H,6-7H2,1H3,(H,14,15)(H,16,17)/t8-,10-/m0/s1. The van der Waals surface area contributed by atoms with Gasteiger partial charge in [-0.3, -0.25) is 9.59 Å². The van der Waals surface area contributed by atoms with Crippen molar-refractivity contribution in [3.8, 4) is 0 Å². The number of benzene rings is 1. The smallest absolute Gasteiger partial charge is 0.308 e. The summed E-state index contributed by atoms with van der Waals surface area (Å²) in [6.07, 6.45) is 0. The number of hydrogen-bond donors (Lipinski definition) is 2. The van der Waals surface area contributed by atoms with Gasteiger partial charge in [0, 0.05) is 17.2 Å². The molecule has 1 aromatic rings. The second-order valence-corrected chi connectivity index (χ2v) is 5.45. The molecule has 4 nitrogen and oxygen atoms in total. The highest BCUT2D eigenvalue weighted by Gasteiger charge is 2.29. The molecule has 96 valence electrons. The minimum Gasteiger partial charge on any atom is -0.481 e. The SMILES string of the molecule is C[C@@H](CNC(=O)[C@H]1CSc2ccccc21)C(=O)O. The van der Waals surface area contributed by atoms with Gasteiger partial charge in [-0.25, -0.2) is 0 Å². The highest BCUT2D eigenvalue weighted by atomic mass is 32.2. The van der Waals surface area contributed by atoms with Gasteiger partial charge in [-0.1, -0.05) is 25.1 Å². The Hall–Kier alpha value is -1.49. The topological polar surface area (TPSA) is 66.4 Å². The molecule has 1 aliphatic heterocycles. The van der Waals surface area contributed by atoms with Crippen LogP contribution in [0.3, 0.4) is 0 Å². The van der Waals surface area contributed by atoms with E-state index in [1.54, 1.807) is 18.7 Å². The van der Waals surface area contributed by atoms with Crippen LogP contribution in [0.1, 0.15) is 18.4 Å². The van der Waals surface area contributed by atoms with E-state index in [9.17, 15) is 9.59 Å². The van der Waals surface area contributed by atoms with Gasteiger partial charge in [0.2, 0.25) is 5.91 Å². The highest BCUT2D eigenvalue weighted by Crippen LogP contribution is 2.39. The molecular formula is C13H15NO3S. The van der Waals surface area contributed by atoms with Crippen LogP contribution in [0.4, 0.5) is 0 Å². The second-order valence-electron chi connectivity index (χ2n) is 4.39. The number of carboxylic acids is 1. The Labute approximate surface area is 110 Å². The van der Waals surface area contributed by atoms with Crippen LogP contribution in [0.2, 0.25) is 0 Å². The molecule has 1 aliphatic rings. The first-order valence-corrected chi connectivity index (χ1v) is 6.80. The van der Waals surface area contributed by atoms with E-state index >= 15 is 0 Å². The van der Waals surface area contributed by atoms with Crippen LogP contribution < -0.4 is 5.32 Å². The number of thioether (sulfide) groups is 1. The molecule has 0 aromatic heterocycles. The summed E-state index contributed by atoms with van der Waals surface area (Å²) < 4.78 is 0. The number of aliphatic carboxylic acids is 1. The maximum absolute atomic E-state index is 12.0. The third-order valence-electron chi connectivity index (χ3n) is 3.02. The minimum absolute atomic E-state index is 0.0828. The maximum atomic E-state index is 12.0. The molecule has 2 N–H and O–H groups in total. The lowest BCUT2D eigenvalue weighted by molar-refractivity contribution is -0.141. The van der Waals surface area contributed by atoms with Crippen molar-refractivity contribution >= 4 is 23.6 Å². The highest BCUT2D eigenvalue weighted by molar-refractivity contribution is 7.99. The van der Waals surface area contributed by atoms with Gasteiger partial charge >= 0.3 is 5.97 Å². The molecule has 1 amide bonds. The van der Waals surface area contributed by atoms with Crippen LogP contribution in [0.5, 0.6) is 0 Å². The van der Waals surface area contributed by atoms with E-state index in [-0.39, 0.29) is 18.4 Å². The average Bonchev–Trinajstić information content (AvgIpc) is 2.79. The summed E-state index contributed by atoms with van der Waals surface area (Å²) in [5, 5.41) is 11.5. The Morgan fingerprint density at radius 1 is 1.50 bits per heavy atom. The van der Waals surface area contributed by atoms with E-state index in [0.717, 1.165) is 16.2 Å². The summed E-state index contributed by atoms with van der Waals surface area (Å²) in [5.74, 6) is -0.963. The molecule has 0 fully saturated rings. The molecule has 1 heterocycles. The number of hydrogen-bond acceptors (Lipinski definition) is 3. The molecule has 2 rings (SSSR count). The number of amides is 1. The van der Waals surface area contributed by atoms with Crippen molar-refractivity contribution in [3.05, 3.63) is 29.8 Å². The summed E-state index contributed by atoms with van der Waals surface area (Å²) >= 11 is 1.67. The van der Waals surface area contributed by atoms with Crippen molar-refractivity contribution in [1.29, 1.82) is 0 Å². The molecular weight excluding hydrogens is 250 g/mol. The van der Waals surface area contributed by atoms with Crippen LogP contribution in [0.25, 0.3) is 0 Å². The normalized spacial score (nSPS) is 19.1. The van der Waals surface area contributed by atoms with E-state index in [1.165, 1.54) is 0 Å². The van der Waals surface area contributed by atoms with E-state index in [1.807, 2.05) is 24.3 Å². The monoisotopic (exact) mass is 265 g/mol. The molecule has 1 aromatic carbocycles. The summed E-state index contributed by atoms with van der Waals surface area (Å²) in [6.45, 7) is 1.76. The van der Waals surface area contributed by atoms with Gasteiger partial charge in [-0.15, -0.1) is 11.8 Å². The fourth-order valence-corrected chi connectivity index (χ4v) is 3.07. The van der Waals surface area contributed by atoms with E-state index in [2.05, 4.69) is 5.32 Å². The first-order valence-electron chi connectivity index (χ1n) is 5.82. The van der Waals surface area contributed by atoms with Gasteiger partial charge in [0.05, 0.1) is 11.8 Å². The van der Waals surface area contributed by atoms with Gasteiger partial charge in [-0.05, 0) is 11.6 Å². The summed E-state index contributed by atoms with van der Waals surface area (Å²) in [5.41, 5.74) is 1.04. The van der Waals surface area contributed by atoms with Gasteiger partial charge in [0.1, 0.15) is 0 Å².